The zero-order valence-electron chi connectivity index (χ0n) is 16.4. The molecule has 1 aromatic heterocycles. The molecular formula is C22H14ClFN2O5S. The van der Waals surface area contributed by atoms with Crippen LogP contribution in [0.1, 0.15) is 20.8 Å². The number of esters is 1. The van der Waals surface area contributed by atoms with Gasteiger partial charge >= 0.3 is 12.0 Å². The number of benzene rings is 2. The van der Waals surface area contributed by atoms with Gasteiger partial charge in [-0.1, -0.05) is 29.8 Å². The SMILES string of the molecule is COc1ccccc1C(=O)OC(=C1C(=O)N(C(N)=O)c2cc(Cl)c(F)cc21)c1cccs1. The maximum Gasteiger partial charge on any atom is 0.347 e. The Labute approximate surface area is 190 Å². The molecule has 0 saturated heterocycles. The lowest BCUT2D eigenvalue weighted by molar-refractivity contribution is -0.112. The van der Waals surface area contributed by atoms with Gasteiger partial charge in [0.2, 0.25) is 0 Å². The summed E-state index contributed by atoms with van der Waals surface area (Å²) < 4.78 is 25.2. The second kappa shape index (κ2) is 8.45. The van der Waals surface area contributed by atoms with Crippen molar-refractivity contribution in [1.82, 2.24) is 0 Å². The molecule has 3 amide bonds. The molecule has 4 rings (SSSR count). The number of amides is 3. The van der Waals surface area contributed by atoms with Crippen molar-refractivity contribution < 1.29 is 28.2 Å². The predicted molar refractivity (Wildman–Crippen MR) is 118 cm³/mol. The van der Waals surface area contributed by atoms with E-state index in [4.69, 9.17) is 26.8 Å². The molecule has 0 saturated carbocycles. The summed E-state index contributed by atoms with van der Waals surface area (Å²) in [4.78, 5) is 39.3. The summed E-state index contributed by atoms with van der Waals surface area (Å²) in [5, 5.41) is 1.41. The van der Waals surface area contributed by atoms with E-state index in [9.17, 15) is 18.8 Å². The Bertz CT molecular complexity index is 1290. The van der Waals surface area contributed by atoms with E-state index in [2.05, 4.69) is 0 Å². The summed E-state index contributed by atoms with van der Waals surface area (Å²) in [5.41, 5.74) is 5.32. The van der Waals surface area contributed by atoms with E-state index in [1.165, 1.54) is 24.5 Å². The maximum atomic E-state index is 14.3. The number of carbonyl (C=O) groups is 3. The van der Waals surface area contributed by atoms with Gasteiger partial charge in [0.25, 0.3) is 5.91 Å². The van der Waals surface area contributed by atoms with Crippen molar-refractivity contribution in [2.75, 3.05) is 12.0 Å². The third kappa shape index (κ3) is 3.61. The van der Waals surface area contributed by atoms with E-state index in [1.807, 2.05) is 0 Å². The first kappa shape index (κ1) is 21.5. The highest BCUT2D eigenvalue weighted by Gasteiger charge is 2.40. The molecule has 0 radical (unpaired) electrons. The van der Waals surface area contributed by atoms with Crippen LogP contribution < -0.4 is 15.4 Å². The minimum absolute atomic E-state index is 0.00806. The fourth-order valence-electron chi connectivity index (χ4n) is 3.29. The minimum Gasteiger partial charge on any atom is -0.496 e. The van der Waals surface area contributed by atoms with Gasteiger partial charge < -0.3 is 15.2 Å². The normalized spacial score (nSPS) is 14.2. The highest BCUT2D eigenvalue weighted by Crippen LogP contribution is 2.44. The number of anilines is 1. The van der Waals surface area contributed by atoms with Crippen molar-refractivity contribution in [3.05, 3.63) is 80.8 Å². The van der Waals surface area contributed by atoms with Gasteiger partial charge in [-0.3, -0.25) is 4.79 Å². The average molecular weight is 473 g/mol. The first-order valence-corrected chi connectivity index (χ1v) is 10.4. The number of carbonyl (C=O) groups excluding carboxylic acids is 3. The summed E-state index contributed by atoms with van der Waals surface area (Å²) >= 11 is 7.04. The van der Waals surface area contributed by atoms with Crippen molar-refractivity contribution >= 4 is 57.9 Å². The number of hydrogen-bond donors (Lipinski definition) is 1. The predicted octanol–water partition coefficient (Wildman–Crippen LogP) is 4.70. The molecule has 162 valence electrons. The first-order chi connectivity index (χ1) is 15.3. The molecule has 2 aromatic carbocycles. The van der Waals surface area contributed by atoms with Gasteiger partial charge in [-0.2, -0.15) is 0 Å². The van der Waals surface area contributed by atoms with Crippen molar-refractivity contribution in [3.8, 4) is 5.75 Å². The summed E-state index contributed by atoms with van der Waals surface area (Å²) in [6, 6.07) is 10.7. The number of nitrogens with two attached hydrogens (primary N) is 1. The fourth-order valence-corrected chi connectivity index (χ4v) is 4.16. The van der Waals surface area contributed by atoms with Crippen LogP contribution in [-0.2, 0) is 9.53 Å². The van der Waals surface area contributed by atoms with Gasteiger partial charge in [0.05, 0.1) is 28.3 Å². The number of imide groups is 1. The number of primary amides is 1. The van der Waals surface area contributed by atoms with Crippen LogP contribution >= 0.6 is 22.9 Å². The lowest BCUT2D eigenvalue weighted by Crippen LogP contribution is -2.38. The van der Waals surface area contributed by atoms with E-state index in [-0.39, 0.29) is 38.9 Å². The third-order valence-electron chi connectivity index (χ3n) is 4.68. The Morgan fingerprint density at radius 1 is 1.16 bits per heavy atom. The highest BCUT2D eigenvalue weighted by molar-refractivity contribution is 7.11. The number of urea groups is 1. The maximum absolute atomic E-state index is 14.3. The van der Waals surface area contributed by atoms with E-state index in [0.29, 0.717) is 9.78 Å². The zero-order valence-corrected chi connectivity index (χ0v) is 18.0. The van der Waals surface area contributed by atoms with Crippen LogP contribution in [-0.4, -0.2) is 25.0 Å². The number of thiophene rings is 1. The number of methoxy groups -OCH3 is 1. The van der Waals surface area contributed by atoms with Crippen LogP contribution in [0.5, 0.6) is 5.75 Å². The van der Waals surface area contributed by atoms with Crippen LogP contribution in [0.2, 0.25) is 5.02 Å². The molecule has 0 bridgehead atoms. The second-order valence-electron chi connectivity index (χ2n) is 6.53. The molecule has 0 aliphatic carbocycles. The number of nitrogens with zero attached hydrogens (tertiary/aromatic N) is 1. The molecule has 1 aliphatic rings. The molecule has 32 heavy (non-hydrogen) atoms. The summed E-state index contributed by atoms with van der Waals surface area (Å²) in [5.74, 6) is -2.37. The van der Waals surface area contributed by atoms with Crippen LogP contribution in [0.25, 0.3) is 11.3 Å². The zero-order chi connectivity index (χ0) is 23.0. The van der Waals surface area contributed by atoms with Gasteiger partial charge in [-0.05, 0) is 35.7 Å². The molecule has 2 N–H and O–H groups in total. The lowest BCUT2D eigenvalue weighted by Gasteiger charge is -2.13. The van der Waals surface area contributed by atoms with Gasteiger partial charge in [0.1, 0.15) is 17.1 Å². The number of fused-ring (bicyclic) bond motifs is 1. The van der Waals surface area contributed by atoms with E-state index < -0.39 is 23.7 Å². The summed E-state index contributed by atoms with van der Waals surface area (Å²) in [6.07, 6.45) is 0. The lowest BCUT2D eigenvalue weighted by atomic mass is 10.0. The second-order valence-corrected chi connectivity index (χ2v) is 7.89. The molecule has 0 atom stereocenters. The minimum atomic E-state index is -1.09. The number of rotatable bonds is 4. The monoisotopic (exact) mass is 472 g/mol. The number of hydrogen-bond acceptors (Lipinski definition) is 6. The molecule has 7 nitrogen and oxygen atoms in total. The fraction of sp³-hybridized carbons (Fsp3) is 0.0455. The molecule has 10 heteroatoms. The number of ether oxygens (including phenoxy) is 2. The quantitative estimate of drug-likeness (QED) is 0.337. The molecule has 0 spiro atoms. The van der Waals surface area contributed by atoms with Crippen molar-refractivity contribution in [1.29, 1.82) is 0 Å². The molecule has 2 heterocycles. The van der Waals surface area contributed by atoms with Crippen LogP contribution in [0, 0.1) is 5.82 Å². The van der Waals surface area contributed by atoms with Gasteiger partial charge in [-0.25, -0.2) is 18.9 Å². The first-order valence-electron chi connectivity index (χ1n) is 9.10. The summed E-state index contributed by atoms with van der Waals surface area (Å²) in [6.45, 7) is 0. The van der Waals surface area contributed by atoms with E-state index in [0.717, 1.165) is 12.1 Å². The number of halogens is 2. The van der Waals surface area contributed by atoms with Crippen molar-refractivity contribution in [2.45, 2.75) is 0 Å². The Hall–Kier alpha value is -3.69. The molecule has 3 aromatic rings. The van der Waals surface area contributed by atoms with E-state index in [1.54, 1.807) is 35.7 Å². The van der Waals surface area contributed by atoms with Gasteiger partial charge in [0.15, 0.2) is 5.76 Å². The topological polar surface area (TPSA) is 98.9 Å². The Morgan fingerprint density at radius 3 is 2.56 bits per heavy atom. The van der Waals surface area contributed by atoms with Crippen molar-refractivity contribution in [3.63, 3.8) is 0 Å². The van der Waals surface area contributed by atoms with Crippen LogP contribution in [0.15, 0.2) is 53.9 Å². The Morgan fingerprint density at radius 2 is 1.91 bits per heavy atom. The van der Waals surface area contributed by atoms with E-state index >= 15 is 0 Å². The molecule has 1 aliphatic heterocycles. The molecular weight excluding hydrogens is 459 g/mol. The molecule has 0 fully saturated rings. The average Bonchev–Trinajstić information content (AvgIpc) is 3.39. The third-order valence-corrected chi connectivity index (χ3v) is 5.84. The van der Waals surface area contributed by atoms with Crippen LogP contribution in [0.3, 0.4) is 0 Å². The highest BCUT2D eigenvalue weighted by atomic mass is 35.5. The standard InChI is InChI=1S/C22H14ClFN2O5S/c1-30-16-6-3-2-5-11(16)21(28)31-19(17-7-4-8-32-17)18-12-9-14(24)13(23)10-15(12)26(20(18)27)22(25)29/h2-10H,1H3,(H2,25,29). The molecule has 0 unspecified atom stereocenters. The van der Waals surface area contributed by atoms with Gasteiger partial charge in [0, 0.05) is 5.56 Å². The Balaban J connectivity index is 1.93. The number of para-hydroxylation sites is 1. The van der Waals surface area contributed by atoms with Crippen LogP contribution in [0.4, 0.5) is 14.9 Å². The Kier molecular flexibility index (Phi) is 5.68. The van der Waals surface area contributed by atoms with Gasteiger partial charge in [-0.15, -0.1) is 11.3 Å². The largest absolute Gasteiger partial charge is 0.496 e. The summed E-state index contributed by atoms with van der Waals surface area (Å²) in [7, 11) is 1.40. The van der Waals surface area contributed by atoms with Crippen molar-refractivity contribution in [2.24, 2.45) is 5.73 Å². The smallest absolute Gasteiger partial charge is 0.347 e.